The Bertz CT molecular complexity index is 1280. The first kappa shape index (κ1) is 22.4. The molecular formula is C21H21F3N4O3S. The summed E-state index contributed by atoms with van der Waals surface area (Å²) < 4.78 is 65.2. The minimum Gasteiger partial charge on any atom is -0.309 e. The molecular weight excluding hydrogens is 445 g/mol. The zero-order chi connectivity index (χ0) is 23.1. The molecule has 7 nitrogen and oxygen atoms in total. The molecule has 4 rings (SSSR count). The van der Waals surface area contributed by atoms with Crippen molar-refractivity contribution in [2.75, 3.05) is 26.2 Å². The molecule has 0 amide bonds. The molecule has 1 aromatic heterocycles. The van der Waals surface area contributed by atoms with Crippen LogP contribution >= 0.6 is 0 Å². The Morgan fingerprint density at radius 3 is 2.25 bits per heavy atom. The highest BCUT2D eigenvalue weighted by molar-refractivity contribution is 7.89. The van der Waals surface area contributed by atoms with Gasteiger partial charge in [0, 0.05) is 26.2 Å². The van der Waals surface area contributed by atoms with Crippen LogP contribution < -0.4 is 5.56 Å². The molecule has 1 saturated heterocycles. The number of rotatable bonds is 4. The topological polar surface area (TPSA) is 86.4 Å². The van der Waals surface area contributed by atoms with E-state index >= 15 is 0 Å². The average Bonchev–Trinajstić information content (AvgIpc) is 2.78. The highest BCUT2D eigenvalue weighted by atomic mass is 32.2. The number of halogens is 3. The van der Waals surface area contributed by atoms with Crippen LogP contribution in [-0.2, 0) is 16.2 Å². The van der Waals surface area contributed by atoms with Crippen molar-refractivity contribution in [3.05, 3.63) is 70.3 Å². The Kier molecular flexibility index (Phi) is 5.82. The molecule has 1 aliphatic rings. The van der Waals surface area contributed by atoms with Crippen molar-refractivity contribution >= 4 is 20.9 Å². The summed E-state index contributed by atoms with van der Waals surface area (Å²) in [6.07, 6.45) is -4.53. The third-order valence-corrected chi connectivity index (χ3v) is 7.58. The molecule has 2 heterocycles. The second kappa shape index (κ2) is 8.30. The number of fused-ring (bicyclic) bond motifs is 1. The maximum atomic E-state index is 12.9. The first-order chi connectivity index (χ1) is 15.1. The van der Waals surface area contributed by atoms with Gasteiger partial charge in [0.05, 0.1) is 27.4 Å². The molecule has 0 aliphatic carbocycles. The summed E-state index contributed by atoms with van der Waals surface area (Å²) >= 11 is 0. The minimum atomic E-state index is -4.53. The maximum Gasteiger partial charge on any atom is 0.416 e. The normalized spacial score (nSPS) is 17.5. The fourth-order valence-corrected chi connectivity index (χ4v) is 5.19. The maximum absolute atomic E-state index is 12.9. The molecule has 1 atom stereocenters. The van der Waals surface area contributed by atoms with E-state index in [9.17, 15) is 26.4 Å². The van der Waals surface area contributed by atoms with Crippen molar-refractivity contribution in [2.24, 2.45) is 0 Å². The fourth-order valence-electron chi connectivity index (χ4n) is 3.77. The van der Waals surface area contributed by atoms with Crippen molar-refractivity contribution < 1.29 is 21.6 Å². The van der Waals surface area contributed by atoms with Crippen LogP contribution in [0.2, 0.25) is 0 Å². The molecule has 1 aliphatic heterocycles. The molecule has 170 valence electrons. The van der Waals surface area contributed by atoms with Crippen LogP contribution in [0.3, 0.4) is 0 Å². The van der Waals surface area contributed by atoms with Gasteiger partial charge in [-0.3, -0.25) is 9.69 Å². The first-order valence-corrected chi connectivity index (χ1v) is 11.4. The van der Waals surface area contributed by atoms with Crippen LogP contribution in [0.1, 0.15) is 24.4 Å². The lowest BCUT2D eigenvalue weighted by Crippen LogP contribution is -2.49. The predicted molar refractivity (Wildman–Crippen MR) is 113 cm³/mol. The van der Waals surface area contributed by atoms with Gasteiger partial charge in [-0.1, -0.05) is 12.1 Å². The van der Waals surface area contributed by atoms with Crippen molar-refractivity contribution in [1.29, 1.82) is 0 Å². The number of H-pyrrole nitrogens is 1. The number of nitrogens with one attached hydrogen (secondary N) is 1. The number of piperazine rings is 1. The molecule has 11 heteroatoms. The van der Waals surface area contributed by atoms with Crippen LogP contribution in [0.4, 0.5) is 13.2 Å². The highest BCUT2D eigenvalue weighted by Gasteiger charge is 2.33. The standard InChI is InChI=1S/C21H21F3N4O3S/c1-14(19-25-18-5-3-2-4-17(18)20(29)26-19)27-10-12-28(13-11-27)32(30,31)16-8-6-15(7-9-16)21(22,23)24/h2-9,14H,10-13H2,1H3,(H,25,26,29)/t14-/m0/s1. The number of alkyl halides is 3. The quantitative estimate of drug-likeness (QED) is 0.639. The number of nitrogens with zero attached hydrogens (tertiary/aromatic N) is 3. The van der Waals surface area contributed by atoms with E-state index < -0.39 is 21.8 Å². The SMILES string of the molecule is C[C@@H](c1nc2ccccc2c(=O)[nH]1)N1CCN(S(=O)(=O)c2ccc(C(F)(F)F)cc2)CC1. The molecule has 0 spiro atoms. The molecule has 0 bridgehead atoms. The second-order valence-electron chi connectivity index (χ2n) is 7.61. The van der Waals surface area contributed by atoms with Gasteiger partial charge >= 0.3 is 6.18 Å². The van der Waals surface area contributed by atoms with Gasteiger partial charge in [0.25, 0.3) is 5.56 Å². The van der Waals surface area contributed by atoms with Crippen molar-refractivity contribution in [2.45, 2.75) is 24.0 Å². The van der Waals surface area contributed by atoms with E-state index in [1.807, 2.05) is 11.8 Å². The zero-order valence-electron chi connectivity index (χ0n) is 17.1. The van der Waals surface area contributed by atoms with Crippen LogP contribution in [0, 0.1) is 0 Å². The first-order valence-electron chi connectivity index (χ1n) is 9.98. The Labute approximate surface area is 182 Å². The van der Waals surface area contributed by atoms with E-state index in [1.54, 1.807) is 24.3 Å². The van der Waals surface area contributed by atoms with Gasteiger partial charge in [-0.15, -0.1) is 0 Å². The molecule has 0 unspecified atom stereocenters. The van der Waals surface area contributed by atoms with Crippen molar-refractivity contribution in [3.63, 3.8) is 0 Å². The van der Waals surface area contributed by atoms with Gasteiger partial charge in [0.15, 0.2) is 0 Å². The summed E-state index contributed by atoms with van der Waals surface area (Å²) in [5.74, 6) is 0.493. The summed E-state index contributed by atoms with van der Waals surface area (Å²) in [5, 5.41) is 0.496. The van der Waals surface area contributed by atoms with Crippen LogP contribution in [0.5, 0.6) is 0 Å². The van der Waals surface area contributed by atoms with E-state index in [0.717, 1.165) is 24.3 Å². The molecule has 1 N–H and O–H groups in total. The monoisotopic (exact) mass is 466 g/mol. The lowest BCUT2D eigenvalue weighted by molar-refractivity contribution is -0.137. The summed E-state index contributed by atoms with van der Waals surface area (Å²) in [7, 11) is -3.91. The number of benzene rings is 2. The van der Waals surface area contributed by atoms with Crippen molar-refractivity contribution in [1.82, 2.24) is 19.2 Å². The Balaban J connectivity index is 1.47. The van der Waals surface area contributed by atoms with Crippen LogP contribution in [0.15, 0.2) is 58.2 Å². The van der Waals surface area contributed by atoms with Gasteiger partial charge in [-0.2, -0.15) is 17.5 Å². The predicted octanol–water partition coefficient (Wildman–Crippen LogP) is 3.01. The van der Waals surface area contributed by atoms with Gasteiger partial charge in [0.1, 0.15) is 5.82 Å². The summed E-state index contributed by atoms with van der Waals surface area (Å²) in [4.78, 5) is 21.5. The zero-order valence-corrected chi connectivity index (χ0v) is 17.9. The number of hydrogen-bond donors (Lipinski definition) is 1. The van der Waals surface area contributed by atoms with Crippen LogP contribution in [0.25, 0.3) is 10.9 Å². The van der Waals surface area contributed by atoms with Gasteiger partial charge in [-0.25, -0.2) is 13.4 Å². The fraction of sp³-hybridized carbons (Fsp3) is 0.333. The van der Waals surface area contributed by atoms with Crippen LogP contribution in [-0.4, -0.2) is 53.8 Å². The molecule has 32 heavy (non-hydrogen) atoms. The smallest absolute Gasteiger partial charge is 0.309 e. The number of hydrogen-bond acceptors (Lipinski definition) is 5. The number of para-hydroxylation sites is 1. The Morgan fingerprint density at radius 2 is 1.62 bits per heavy atom. The van der Waals surface area contributed by atoms with E-state index in [1.165, 1.54) is 4.31 Å². The van der Waals surface area contributed by atoms with Crippen molar-refractivity contribution in [3.8, 4) is 0 Å². The second-order valence-corrected chi connectivity index (χ2v) is 9.54. The van der Waals surface area contributed by atoms with E-state index in [0.29, 0.717) is 29.8 Å². The average molecular weight is 466 g/mol. The number of aromatic nitrogens is 2. The third-order valence-electron chi connectivity index (χ3n) is 5.67. The molecule has 0 saturated carbocycles. The number of aromatic amines is 1. The number of sulfonamides is 1. The Morgan fingerprint density at radius 1 is 1.00 bits per heavy atom. The van der Waals surface area contributed by atoms with Gasteiger partial charge < -0.3 is 4.98 Å². The van der Waals surface area contributed by atoms with E-state index in [2.05, 4.69) is 9.97 Å². The van der Waals surface area contributed by atoms with E-state index in [4.69, 9.17) is 0 Å². The van der Waals surface area contributed by atoms with E-state index in [-0.39, 0.29) is 29.6 Å². The lowest BCUT2D eigenvalue weighted by Gasteiger charge is -2.37. The Hall–Kier alpha value is -2.76. The highest BCUT2D eigenvalue weighted by Crippen LogP contribution is 2.30. The van der Waals surface area contributed by atoms with Gasteiger partial charge in [-0.05, 0) is 43.3 Å². The molecule has 3 aromatic rings. The largest absolute Gasteiger partial charge is 0.416 e. The molecule has 2 aromatic carbocycles. The molecule has 1 fully saturated rings. The summed E-state index contributed by atoms with van der Waals surface area (Å²) in [6.45, 7) is 3.00. The summed E-state index contributed by atoms with van der Waals surface area (Å²) in [6, 6.07) is 10.3. The molecule has 0 radical (unpaired) electrons. The summed E-state index contributed by atoms with van der Waals surface area (Å²) in [5.41, 5.74) is -0.547. The van der Waals surface area contributed by atoms with Gasteiger partial charge in [0.2, 0.25) is 10.0 Å². The lowest BCUT2D eigenvalue weighted by atomic mass is 10.2. The minimum absolute atomic E-state index is 0.172. The third kappa shape index (κ3) is 4.27.